The van der Waals surface area contributed by atoms with Gasteiger partial charge in [0, 0.05) is 56.4 Å². The third kappa shape index (κ3) is 5.44. The Balaban J connectivity index is 1.40. The summed E-state index contributed by atoms with van der Waals surface area (Å²) in [6, 6.07) is 14.0. The van der Waals surface area contributed by atoms with Gasteiger partial charge in [-0.15, -0.1) is 0 Å². The fourth-order valence-corrected chi connectivity index (χ4v) is 5.51. The van der Waals surface area contributed by atoms with Gasteiger partial charge in [-0.1, -0.05) is 18.2 Å². The van der Waals surface area contributed by atoms with E-state index in [0.717, 1.165) is 46.7 Å². The number of aromatic nitrogens is 3. The van der Waals surface area contributed by atoms with Crippen LogP contribution >= 0.6 is 0 Å². The molecule has 0 N–H and O–H groups in total. The van der Waals surface area contributed by atoms with E-state index in [0.29, 0.717) is 50.5 Å². The third-order valence-corrected chi connectivity index (χ3v) is 7.61. The van der Waals surface area contributed by atoms with Crippen molar-refractivity contribution < 1.29 is 23.8 Å². The molecule has 6 rings (SSSR count). The predicted molar refractivity (Wildman–Crippen MR) is 161 cm³/mol. The van der Waals surface area contributed by atoms with Crippen molar-refractivity contribution in [3.63, 3.8) is 0 Å². The number of hydrogen-bond donors (Lipinski definition) is 0. The van der Waals surface area contributed by atoms with E-state index >= 15 is 0 Å². The number of imidazole rings is 1. The van der Waals surface area contributed by atoms with Crippen LogP contribution in [0.4, 0.5) is 16.3 Å². The van der Waals surface area contributed by atoms with Crippen LogP contribution in [0.2, 0.25) is 0 Å². The molecule has 0 atom stereocenters. The summed E-state index contributed by atoms with van der Waals surface area (Å²) in [5.41, 5.74) is 3.94. The van der Waals surface area contributed by atoms with E-state index in [4.69, 9.17) is 19.2 Å². The lowest BCUT2D eigenvalue weighted by Gasteiger charge is -2.36. The van der Waals surface area contributed by atoms with Gasteiger partial charge in [0.1, 0.15) is 23.3 Å². The normalized spacial score (nSPS) is 16.2. The molecule has 2 saturated heterocycles. The molecule has 2 aromatic carbocycles. The molecule has 0 saturated carbocycles. The van der Waals surface area contributed by atoms with Crippen LogP contribution in [-0.2, 0) is 14.2 Å². The minimum atomic E-state index is -0.536. The smallest absolute Gasteiger partial charge is 0.410 e. The Morgan fingerprint density at radius 1 is 0.929 bits per heavy atom. The molecule has 11 nitrogen and oxygen atoms in total. The van der Waals surface area contributed by atoms with Crippen molar-refractivity contribution in [2.75, 3.05) is 69.4 Å². The fourth-order valence-electron chi connectivity index (χ4n) is 5.51. The lowest BCUT2D eigenvalue weighted by atomic mass is 10.1. The maximum absolute atomic E-state index is 12.9. The Hall–Kier alpha value is -4.38. The van der Waals surface area contributed by atoms with Crippen LogP contribution in [0.3, 0.4) is 0 Å². The number of hydrogen-bond acceptors (Lipinski definition) is 9. The second kappa shape index (κ2) is 11.1. The predicted octanol–water partition coefficient (Wildman–Crippen LogP) is 4.25. The van der Waals surface area contributed by atoms with Gasteiger partial charge in [0.15, 0.2) is 0 Å². The number of ether oxygens (including phenoxy) is 3. The van der Waals surface area contributed by atoms with Crippen LogP contribution in [0.5, 0.6) is 0 Å². The fraction of sp³-hybridized carbons (Fsp3) is 0.419. The minimum Gasteiger partial charge on any atom is -0.465 e. The molecule has 0 bridgehead atoms. The summed E-state index contributed by atoms with van der Waals surface area (Å²) in [6.45, 7) is 10.7. The first-order valence-corrected chi connectivity index (χ1v) is 14.3. The number of pyridine rings is 1. The molecule has 4 heterocycles. The number of rotatable bonds is 4. The number of anilines is 2. The highest BCUT2D eigenvalue weighted by atomic mass is 16.6. The second-order valence-electron chi connectivity index (χ2n) is 11.5. The number of carbonyl (C=O) groups excluding carboxylic acids is 2. The molecule has 0 aliphatic carbocycles. The molecule has 0 radical (unpaired) electrons. The summed E-state index contributed by atoms with van der Waals surface area (Å²) in [6.07, 6.45) is 1.46. The summed E-state index contributed by atoms with van der Waals surface area (Å²) in [7, 11) is 1.39. The molecular weight excluding hydrogens is 536 g/mol. The highest BCUT2D eigenvalue weighted by Gasteiger charge is 2.27. The lowest BCUT2D eigenvalue weighted by Crippen LogP contribution is -2.50. The first kappa shape index (κ1) is 27.8. The van der Waals surface area contributed by atoms with E-state index in [1.165, 1.54) is 7.11 Å². The van der Waals surface area contributed by atoms with Crippen LogP contribution in [0, 0.1) is 0 Å². The molecule has 4 aromatic rings. The SMILES string of the molecule is COC(=O)c1cc(N2CCOCC2)cc2c1ncn2-c1cc(N2CCN(C(=O)OC(C)(C)C)CC2)nc2ccccc12. The summed E-state index contributed by atoms with van der Waals surface area (Å²) < 4.78 is 18.3. The number of para-hydroxylation sites is 1. The summed E-state index contributed by atoms with van der Waals surface area (Å²) in [5.74, 6) is 0.385. The van der Waals surface area contributed by atoms with E-state index in [2.05, 4.69) is 26.9 Å². The van der Waals surface area contributed by atoms with E-state index in [-0.39, 0.29) is 6.09 Å². The Morgan fingerprint density at radius 2 is 1.67 bits per heavy atom. The van der Waals surface area contributed by atoms with Gasteiger partial charge < -0.3 is 28.9 Å². The van der Waals surface area contributed by atoms with Gasteiger partial charge in [0.2, 0.25) is 0 Å². The van der Waals surface area contributed by atoms with Gasteiger partial charge in [0.25, 0.3) is 0 Å². The van der Waals surface area contributed by atoms with Crippen molar-refractivity contribution in [1.29, 1.82) is 0 Å². The van der Waals surface area contributed by atoms with Crippen LogP contribution in [0.15, 0.2) is 48.8 Å². The largest absolute Gasteiger partial charge is 0.465 e. The Labute approximate surface area is 244 Å². The zero-order chi connectivity index (χ0) is 29.4. The van der Waals surface area contributed by atoms with Gasteiger partial charge in [-0.3, -0.25) is 4.57 Å². The van der Waals surface area contributed by atoms with Crippen molar-refractivity contribution in [3.05, 3.63) is 54.4 Å². The maximum Gasteiger partial charge on any atom is 0.410 e. The number of amides is 1. The third-order valence-electron chi connectivity index (χ3n) is 7.61. The van der Waals surface area contributed by atoms with Crippen LogP contribution < -0.4 is 9.80 Å². The molecule has 11 heteroatoms. The van der Waals surface area contributed by atoms with Gasteiger partial charge in [0.05, 0.1) is 42.6 Å². The van der Waals surface area contributed by atoms with Crippen molar-refractivity contribution in [2.45, 2.75) is 26.4 Å². The zero-order valence-corrected chi connectivity index (χ0v) is 24.5. The van der Waals surface area contributed by atoms with Gasteiger partial charge in [-0.05, 0) is 39.0 Å². The van der Waals surface area contributed by atoms with Crippen molar-refractivity contribution >= 4 is 45.5 Å². The highest BCUT2D eigenvalue weighted by Crippen LogP contribution is 2.33. The Kier molecular flexibility index (Phi) is 7.36. The summed E-state index contributed by atoms with van der Waals surface area (Å²) >= 11 is 0. The van der Waals surface area contributed by atoms with Crippen LogP contribution in [0.1, 0.15) is 31.1 Å². The lowest BCUT2D eigenvalue weighted by molar-refractivity contribution is 0.0240. The molecular formula is C31H36N6O5. The van der Waals surface area contributed by atoms with E-state index < -0.39 is 11.6 Å². The maximum atomic E-state index is 12.9. The van der Waals surface area contributed by atoms with E-state index in [9.17, 15) is 9.59 Å². The van der Waals surface area contributed by atoms with Crippen LogP contribution in [-0.4, -0.2) is 96.7 Å². The molecule has 0 spiro atoms. The molecule has 42 heavy (non-hydrogen) atoms. The summed E-state index contributed by atoms with van der Waals surface area (Å²) in [5, 5.41) is 0.962. The quantitative estimate of drug-likeness (QED) is 0.332. The molecule has 2 fully saturated rings. The number of methoxy groups -OCH3 is 1. The molecule has 2 aromatic heterocycles. The number of morpholine rings is 1. The number of carbonyl (C=O) groups is 2. The molecule has 2 aliphatic rings. The van der Waals surface area contributed by atoms with Crippen molar-refractivity contribution in [3.8, 4) is 5.69 Å². The standard InChI is InChI=1S/C31H36N6O5/c1-31(2,3)42-30(39)36-11-9-35(10-12-36)27-19-25(22-7-5-6-8-24(22)33-27)37-20-32-28-23(29(38)40-4)17-21(18-26(28)37)34-13-15-41-16-14-34/h5-8,17-20H,9-16H2,1-4H3. The molecule has 2 aliphatic heterocycles. The average molecular weight is 573 g/mol. The van der Waals surface area contributed by atoms with Crippen molar-refractivity contribution in [1.82, 2.24) is 19.4 Å². The number of benzene rings is 2. The number of esters is 1. The van der Waals surface area contributed by atoms with Gasteiger partial charge >= 0.3 is 12.1 Å². The average Bonchev–Trinajstić information content (AvgIpc) is 3.43. The van der Waals surface area contributed by atoms with Gasteiger partial charge in [-0.25, -0.2) is 19.6 Å². The number of nitrogens with zero attached hydrogens (tertiary/aromatic N) is 6. The Bertz CT molecular complexity index is 1630. The second-order valence-corrected chi connectivity index (χ2v) is 11.5. The van der Waals surface area contributed by atoms with Gasteiger partial charge in [-0.2, -0.15) is 0 Å². The minimum absolute atomic E-state index is 0.295. The molecule has 1 amide bonds. The molecule has 0 unspecified atom stereocenters. The van der Waals surface area contributed by atoms with E-state index in [1.807, 2.05) is 55.7 Å². The van der Waals surface area contributed by atoms with E-state index in [1.54, 1.807) is 11.2 Å². The number of piperazine rings is 1. The summed E-state index contributed by atoms with van der Waals surface area (Å²) in [4.78, 5) is 41.3. The highest BCUT2D eigenvalue weighted by molar-refractivity contribution is 6.04. The van der Waals surface area contributed by atoms with Crippen molar-refractivity contribution in [2.24, 2.45) is 0 Å². The topological polar surface area (TPSA) is 102 Å². The molecule has 220 valence electrons. The van der Waals surface area contributed by atoms with Crippen LogP contribution in [0.25, 0.3) is 27.6 Å². The first-order chi connectivity index (χ1) is 20.2. The Morgan fingerprint density at radius 3 is 2.38 bits per heavy atom. The number of fused-ring (bicyclic) bond motifs is 2. The first-order valence-electron chi connectivity index (χ1n) is 14.3. The monoisotopic (exact) mass is 572 g/mol. The zero-order valence-electron chi connectivity index (χ0n) is 24.5.